The summed E-state index contributed by atoms with van der Waals surface area (Å²) in [7, 11) is 0. The van der Waals surface area contributed by atoms with Crippen molar-refractivity contribution in [1.29, 1.82) is 0 Å². The van der Waals surface area contributed by atoms with Crippen LogP contribution in [0.3, 0.4) is 0 Å². The van der Waals surface area contributed by atoms with Gasteiger partial charge in [-0.1, -0.05) is 37.6 Å². The highest BCUT2D eigenvalue weighted by molar-refractivity contribution is 6.30. The monoisotopic (exact) mass is 210 g/mol. The Kier molecular flexibility index (Phi) is 4.68. The van der Waals surface area contributed by atoms with Crippen LogP contribution in [0.2, 0.25) is 0 Å². The van der Waals surface area contributed by atoms with Crippen LogP contribution in [0.4, 0.5) is 0 Å². The minimum absolute atomic E-state index is 0.00583. The average molecular weight is 211 g/mol. The van der Waals surface area contributed by atoms with Crippen LogP contribution in [0, 0.1) is 0 Å². The van der Waals surface area contributed by atoms with Gasteiger partial charge in [0.25, 0.3) is 0 Å². The molecule has 0 saturated carbocycles. The van der Waals surface area contributed by atoms with Gasteiger partial charge in [0.05, 0.1) is 5.88 Å². The number of aryl methyl sites for hydroxylation is 1. The number of Topliss-reactive ketones (excluding diaryl/α,β-unsaturated/α-hetero) is 1. The molecule has 0 aliphatic rings. The SMILES string of the molecule is CCCCc1ccc(C(=O)CCl)cc1. The fourth-order valence-corrected chi connectivity index (χ4v) is 1.47. The van der Waals surface area contributed by atoms with E-state index in [-0.39, 0.29) is 11.7 Å². The lowest BCUT2D eigenvalue weighted by Gasteiger charge is -2.01. The van der Waals surface area contributed by atoms with Crippen molar-refractivity contribution in [3.63, 3.8) is 0 Å². The Balaban J connectivity index is 2.63. The molecule has 2 heteroatoms. The second-order valence-corrected chi connectivity index (χ2v) is 3.62. The van der Waals surface area contributed by atoms with Crippen molar-refractivity contribution in [2.24, 2.45) is 0 Å². The second-order valence-electron chi connectivity index (χ2n) is 3.36. The highest BCUT2D eigenvalue weighted by atomic mass is 35.5. The standard InChI is InChI=1S/C12H15ClO/c1-2-3-4-10-5-7-11(8-6-10)12(14)9-13/h5-8H,2-4,9H2,1H3. The molecule has 0 radical (unpaired) electrons. The average Bonchev–Trinajstić information content (AvgIpc) is 2.26. The van der Waals surface area contributed by atoms with E-state index in [4.69, 9.17) is 11.6 Å². The van der Waals surface area contributed by atoms with Crippen LogP contribution in [0.5, 0.6) is 0 Å². The largest absolute Gasteiger partial charge is 0.293 e. The molecule has 76 valence electrons. The van der Waals surface area contributed by atoms with E-state index in [0.717, 1.165) is 6.42 Å². The van der Waals surface area contributed by atoms with Crippen LogP contribution in [0.25, 0.3) is 0 Å². The predicted molar refractivity (Wildman–Crippen MR) is 60.1 cm³/mol. The molecule has 1 aromatic rings. The number of benzene rings is 1. The number of alkyl halides is 1. The molecule has 0 saturated heterocycles. The number of carbonyl (C=O) groups is 1. The normalized spacial score (nSPS) is 10.1. The van der Waals surface area contributed by atoms with E-state index in [1.807, 2.05) is 24.3 Å². The van der Waals surface area contributed by atoms with Crippen LogP contribution in [0.1, 0.15) is 35.7 Å². The molecule has 0 bridgehead atoms. The molecular formula is C12H15ClO. The van der Waals surface area contributed by atoms with Gasteiger partial charge in [-0.05, 0) is 18.4 Å². The van der Waals surface area contributed by atoms with Crippen LogP contribution in [0.15, 0.2) is 24.3 Å². The summed E-state index contributed by atoms with van der Waals surface area (Å²) >= 11 is 5.46. The van der Waals surface area contributed by atoms with Crippen molar-refractivity contribution in [3.05, 3.63) is 35.4 Å². The molecule has 1 rings (SSSR count). The maximum atomic E-state index is 11.2. The van der Waals surface area contributed by atoms with Gasteiger partial charge < -0.3 is 0 Å². The van der Waals surface area contributed by atoms with Gasteiger partial charge in [0, 0.05) is 5.56 Å². The fraction of sp³-hybridized carbons (Fsp3) is 0.417. The van der Waals surface area contributed by atoms with Crippen molar-refractivity contribution in [3.8, 4) is 0 Å². The first kappa shape index (κ1) is 11.3. The van der Waals surface area contributed by atoms with Crippen molar-refractivity contribution in [1.82, 2.24) is 0 Å². The number of rotatable bonds is 5. The third-order valence-corrected chi connectivity index (χ3v) is 2.46. The Hall–Kier alpha value is -0.820. The van der Waals surface area contributed by atoms with E-state index >= 15 is 0 Å². The zero-order valence-corrected chi connectivity index (χ0v) is 9.18. The molecule has 1 nitrogen and oxygen atoms in total. The number of hydrogen-bond acceptors (Lipinski definition) is 1. The number of hydrogen-bond donors (Lipinski definition) is 0. The lowest BCUT2D eigenvalue weighted by Crippen LogP contribution is -1.99. The van der Waals surface area contributed by atoms with Crippen LogP contribution in [-0.4, -0.2) is 11.7 Å². The first-order chi connectivity index (χ1) is 6.77. The quantitative estimate of drug-likeness (QED) is 0.538. The Bertz CT molecular complexity index is 290. The summed E-state index contributed by atoms with van der Waals surface area (Å²) in [5.74, 6) is 0.0580. The van der Waals surface area contributed by atoms with Crippen LogP contribution in [-0.2, 0) is 6.42 Å². The molecule has 0 fully saturated rings. The lowest BCUT2D eigenvalue weighted by atomic mass is 10.1. The highest BCUT2D eigenvalue weighted by Gasteiger charge is 2.02. The molecule has 0 aromatic heterocycles. The maximum Gasteiger partial charge on any atom is 0.177 e. The smallest absolute Gasteiger partial charge is 0.177 e. The lowest BCUT2D eigenvalue weighted by molar-refractivity contribution is 0.102. The predicted octanol–water partition coefficient (Wildman–Crippen LogP) is 3.45. The Morgan fingerprint density at radius 2 is 1.93 bits per heavy atom. The summed E-state index contributed by atoms with van der Waals surface area (Å²) in [5.41, 5.74) is 2.00. The zero-order valence-electron chi connectivity index (χ0n) is 8.42. The second kappa shape index (κ2) is 5.82. The van der Waals surface area contributed by atoms with E-state index in [1.54, 1.807) is 0 Å². The maximum absolute atomic E-state index is 11.2. The van der Waals surface area contributed by atoms with E-state index in [9.17, 15) is 4.79 Å². The van der Waals surface area contributed by atoms with E-state index in [0.29, 0.717) is 5.56 Å². The van der Waals surface area contributed by atoms with Gasteiger partial charge in [-0.2, -0.15) is 0 Å². The van der Waals surface area contributed by atoms with Gasteiger partial charge in [0.15, 0.2) is 5.78 Å². The minimum atomic E-state index is -0.00583. The number of halogens is 1. The van der Waals surface area contributed by atoms with E-state index < -0.39 is 0 Å². The van der Waals surface area contributed by atoms with Gasteiger partial charge in [-0.3, -0.25) is 4.79 Å². The third-order valence-electron chi connectivity index (χ3n) is 2.22. The first-order valence-corrected chi connectivity index (χ1v) is 5.49. The topological polar surface area (TPSA) is 17.1 Å². The molecule has 0 atom stereocenters. The molecule has 0 unspecified atom stereocenters. The Morgan fingerprint density at radius 3 is 2.43 bits per heavy atom. The van der Waals surface area contributed by atoms with E-state index in [2.05, 4.69) is 6.92 Å². The van der Waals surface area contributed by atoms with Crippen molar-refractivity contribution in [2.75, 3.05) is 5.88 Å². The van der Waals surface area contributed by atoms with Crippen molar-refractivity contribution < 1.29 is 4.79 Å². The Labute approximate surface area is 90.1 Å². The summed E-state index contributed by atoms with van der Waals surface area (Å²) in [6.45, 7) is 2.17. The summed E-state index contributed by atoms with van der Waals surface area (Å²) in [6.07, 6.45) is 3.48. The fourth-order valence-electron chi connectivity index (χ4n) is 1.32. The molecule has 1 aromatic carbocycles. The molecule has 0 spiro atoms. The Morgan fingerprint density at radius 1 is 1.29 bits per heavy atom. The van der Waals surface area contributed by atoms with Gasteiger partial charge in [0.1, 0.15) is 0 Å². The molecule has 0 aliphatic heterocycles. The van der Waals surface area contributed by atoms with Crippen LogP contribution >= 0.6 is 11.6 Å². The van der Waals surface area contributed by atoms with Gasteiger partial charge in [-0.15, -0.1) is 11.6 Å². The number of ketones is 1. The summed E-state index contributed by atoms with van der Waals surface area (Å²) in [5, 5.41) is 0. The van der Waals surface area contributed by atoms with Crippen molar-refractivity contribution in [2.45, 2.75) is 26.2 Å². The van der Waals surface area contributed by atoms with Crippen LogP contribution < -0.4 is 0 Å². The molecule has 0 aliphatic carbocycles. The van der Waals surface area contributed by atoms with Gasteiger partial charge in [-0.25, -0.2) is 0 Å². The molecule has 0 heterocycles. The first-order valence-electron chi connectivity index (χ1n) is 4.96. The summed E-state index contributed by atoms with van der Waals surface area (Å²) in [6, 6.07) is 7.73. The molecular weight excluding hydrogens is 196 g/mol. The summed E-state index contributed by atoms with van der Waals surface area (Å²) < 4.78 is 0. The van der Waals surface area contributed by atoms with Gasteiger partial charge in [0.2, 0.25) is 0 Å². The molecule has 0 N–H and O–H groups in total. The van der Waals surface area contributed by atoms with Crippen molar-refractivity contribution >= 4 is 17.4 Å². The van der Waals surface area contributed by atoms with Gasteiger partial charge >= 0.3 is 0 Å². The third kappa shape index (κ3) is 3.15. The molecule has 14 heavy (non-hydrogen) atoms. The number of carbonyl (C=O) groups excluding carboxylic acids is 1. The highest BCUT2D eigenvalue weighted by Crippen LogP contribution is 2.08. The van der Waals surface area contributed by atoms with E-state index in [1.165, 1.54) is 18.4 Å². The number of unbranched alkanes of at least 4 members (excludes halogenated alkanes) is 1. The zero-order chi connectivity index (χ0) is 10.4. The minimum Gasteiger partial charge on any atom is -0.293 e. The summed E-state index contributed by atoms with van der Waals surface area (Å²) in [4.78, 5) is 11.2. The molecule has 0 amide bonds.